The Morgan fingerprint density at radius 3 is 2.89 bits per heavy atom. The molecular formula is C23H28O4. The maximum atomic E-state index is 11.3. The van der Waals surface area contributed by atoms with Gasteiger partial charge < -0.3 is 9.84 Å². The standard InChI is InChI=1S/C23H28O4/c1-3-22-11-9-18-17-8-6-16(27-21(25)14-24)13-15(17)5-7-19(18)20(22)10-12-23(22,26)4-2/h2,6,13-14,17-20,26H,3,5,7-12H2,1H3. The van der Waals surface area contributed by atoms with Gasteiger partial charge in [-0.05, 0) is 87.2 Å². The molecule has 0 heterocycles. The molecule has 4 heteroatoms. The smallest absolute Gasteiger partial charge is 0.376 e. The molecule has 4 nitrogen and oxygen atoms in total. The highest BCUT2D eigenvalue weighted by molar-refractivity contribution is 6.20. The van der Waals surface area contributed by atoms with Gasteiger partial charge in [0.1, 0.15) is 11.4 Å². The molecule has 3 fully saturated rings. The third kappa shape index (κ3) is 2.63. The van der Waals surface area contributed by atoms with Crippen molar-refractivity contribution in [2.45, 2.75) is 63.9 Å². The predicted octanol–water partition coefficient (Wildman–Crippen LogP) is 3.55. The van der Waals surface area contributed by atoms with Crippen LogP contribution >= 0.6 is 0 Å². The fraction of sp³-hybridized carbons (Fsp3) is 0.652. The summed E-state index contributed by atoms with van der Waals surface area (Å²) in [6.07, 6.45) is 17.7. The molecule has 0 spiro atoms. The van der Waals surface area contributed by atoms with Crippen LogP contribution in [0.5, 0.6) is 0 Å². The molecule has 0 aromatic heterocycles. The van der Waals surface area contributed by atoms with E-state index in [0.29, 0.717) is 29.4 Å². The first-order valence-corrected chi connectivity index (χ1v) is 10.3. The number of terminal acetylenes is 1. The van der Waals surface area contributed by atoms with Gasteiger partial charge in [-0.1, -0.05) is 18.4 Å². The molecular weight excluding hydrogens is 340 g/mol. The summed E-state index contributed by atoms with van der Waals surface area (Å²) in [4.78, 5) is 21.8. The molecule has 0 amide bonds. The number of carbonyl (C=O) groups is 2. The van der Waals surface area contributed by atoms with Gasteiger partial charge in [-0.2, -0.15) is 0 Å². The molecule has 0 aliphatic heterocycles. The molecule has 4 rings (SSSR count). The fourth-order valence-electron chi connectivity index (χ4n) is 7.01. The molecule has 3 saturated carbocycles. The van der Waals surface area contributed by atoms with Crippen molar-refractivity contribution in [2.24, 2.45) is 29.1 Å². The third-order valence-corrected chi connectivity index (χ3v) is 8.19. The maximum Gasteiger partial charge on any atom is 0.376 e. The van der Waals surface area contributed by atoms with Gasteiger partial charge in [0.15, 0.2) is 0 Å². The first-order valence-electron chi connectivity index (χ1n) is 10.3. The van der Waals surface area contributed by atoms with Crippen molar-refractivity contribution in [2.75, 3.05) is 0 Å². The van der Waals surface area contributed by atoms with Crippen LogP contribution in [0, 0.1) is 41.4 Å². The zero-order valence-electron chi connectivity index (χ0n) is 15.9. The van der Waals surface area contributed by atoms with E-state index in [2.05, 4.69) is 12.8 Å². The van der Waals surface area contributed by atoms with Crippen molar-refractivity contribution in [1.82, 2.24) is 0 Å². The van der Waals surface area contributed by atoms with Crippen LogP contribution in [-0.2, 0) is 14.3 Å². The van der Waals surface area contributed by atoms with Gasteiger partial charge in [-0.15, -0.1) is 6.42 Å². The molecule has 0 aromatic carbocycles. The van der Waals surface area contributed by atoms with E-state index >= 15 is 0 Å². The van der Waals surface area contributed by atoms with Crippen molar-refractivity contribution >= 4 is 12.3 Å². The van der Waals surface area contributed by atoms with E-state index in [4.69, 9.17) is 11.2 Å². The Morgan fingerprint density at radius 1 is 1.37 bits per heavy atom. The summed E-state index contributed by atoms with van der Waals surface area (Å²) in [5, 5.41) is 11.2. The van der Waals surface area contributed by atoms with Crippen molar-refractivity contribution in [3.63, 3.8) is 0 Å². The average molecular weight is 368 g/mol. The molecule has 0 aromatic rings. The van der Waals surface area contributed by atoms with Gasteiger partial charge >= 0.3 is 5.97 Å². The Labute approximate surface area is 161 Å². The number of esters is 1. The third-order valence-electron chi connectivity index (χ3n) is 8.19. The Hall–Kier alpha value is -1.86. The molecule has 6 atom stereocenters. The van der Waals surface area contributed by atoms with E-state index in [1.165, 1.54) is 5.57 Å². The van der Waals surface area contributed by atoms with Crippen LogP contribution in [0.1, 0.15) is 58.3 Å². The van der Waals surface area contributed by atoms with Crippen LogP contribution in [0.4, 0.5) is 0 Å². The van der Waals surface area contributed by atoms with Crippen molar-refractivity contribution in [3.8, 4) is 12.3 Å². The molecule has 0 bridgehead atoms. The van der Waals surface area contributed by atoms with Crippen molar-refractivity contribution in [1.29, 1.82) is 0 Å². The number of aliphatic hydroxyl groups is 1. The van der Waals surface area contributed by atoms with Gasteiger partial charge in [-0.25, -0.2) is 4.79 Å². The van der Waals surface area contributed by atoms with Crippen molar-refractivity contribution in [3.05, 3.63) is 23.5 Å². The maximum absolute atomic E-state index is 11.3. The molecule has 0 radical (unpaired) electrons. The molecule has 144 valence electrons. The lowest BCUT2D eigenvalue weighted by atomic mass is 9.49. The number of fused-ring (bicyclic) bond motifs is 5. The summed E-state index contributed by atoms with van der Waals surface area (Å²) in [7, 11) is 0. The lowest BCUT2D eigenvalue weighted by Crippen LogP contribution is -2.53. The SMILES string of the molecule is C#CC1(O)CCC2C3CCC4=CC(OC(=O)C=O)=CCC4C3CCC21CC. The number of allylic oxidation sites excluding steroid dienone is 3. The number of ether oxygens (including phenoxy) is 1. The summed E-state index contributed by atoms with van der Waals surface area (Å²) in [5.41, 5.74) is 0.275. The summed E-state index contributed by atoms with van der Waals surface area (Å²) in [6, 6.07) is 0. The first-order chi connectivity index (χ1) is 13.0. The fourth-order valence-corrected chi connectivity index (χ4v) is 7.01. The topological polar surface area (TPSA) is 63.6 Å². The van der Waals surface area contributed by atoms with Crippen LogP contribution in [-0.4, -0.2) is 23.0 Å². The number of rotatable bonds is 3. The summed E-state index contributed by atoms with van der Waals surface area (Å²) >= 11 is 0. The monoisotopic (exact) mass is 368 g/mol. The Balaban J connectivity index is 1.56. The minimum atomic E-state index is -0.948. The number of hydrogen-bond donors (Lipinski definition) is 1. The second kappa shape index (κ2) is 6.63. The largest absolute Gasteiger partial charge is 0.421 e. The van der Waals surface area contributed by atoms with E-state index < -0.39 is 11.6 Å². The zero-order chi connectivity index (χ0) is 19.2. The number of carbonyl (C=O) groups excluding carboxylic acids is 2. The van der Waals surface area contributed by atoms with Crippen LogP contribution in [0.15, 0.2) is 23.5 Å². The Morgan fingerprint density at radius 2 is 2.19 bits per heavy atom. The number of aldehydes is 1. The lowest BCUT2D eigenvalue weighted by molar-refractivity contribution is -0.145. The second-order valence-corrected chi connectivity index (χ2v) is 8.77. The minimum absolute atomic E-state index is 0.126. The zero-order valence-corrected chi connectivity index (χ0v) is 15.9. The second-order valence-electron chi connectivity index (χ2n) is 8.77. The normalized spacial score (nSPS) is 42.6. The Kier molecular flexibility index (Phi) is 4.55. The van der Waals surface area contributed by atoms with E-state index in [0.717, 1.165) is 51.4 Å². The van der Waals surface area contributed by atoms with Crippen molar-refractivity contribution < 1.29 is 19.4 Å². The highest BCUT2D eigenvalue weighted by atomic mass is 16.5. The van der Waals surface area contributed by atoms with Gasteiger partial charge in [0.2, 0.25) is 6.29 Å². The molecule has 4 aliphatic carbocycles. The van der Waals surface area contributed by atoms with Crippen LogP contribution in [0.2, 0.25) is 0 Å². The van der Waals surface area contributed by atoms with Gasteiger partial charge in [0.25, 0.3) is 0 Å². The summed E-state index contributed by atoms with van der Waals surface area (Å²) < 4.78 is 5.09. The highest BCUT2D eigenvalue weighted by Crippen LogP contribution is 2.66. The van der Waals surface area contributed by atoms with E-state index in [1.54, 1.807) is 0 Å². The van der Waals surface area contributed by atoms with Crippen LogP contribution in [0.25, 0.3) is 0 Å². The molecule has 4 aliphatic rings. The molecule has 1 N–H and O–H groups in total. The summed E-state index contributed by atoms with van der Waals surface area (Å²) in [5.74, 6) is 4.64. The molecule has 0 saturated heterocycles. The van der Waals surface area contributed by atoms with E-state index in [1.807, 2.05) is 12.2 Å². The number of hydrogen-bond acceptors (Lipinski definition) is 4. The first kappa shape index (κ1) is 18.5. The molecule has 6 unspecified atom stereocenters. The lowest BCUT2D eigenvalue weighted by Gasteiger charge is -2.55. The average Bonchev–Trinajstić information content (AvgIpc) is 3.01. The highest BCUT2D eigenvalue weighted by Gasteiger charge is 2.63. The quantitative estimate of drug-likeness (QED) is 0.358. The van der Waals surface area contributed by atoms with E-state index in [-0.39, 0.29) is 11.7 Å². The predicted molar refractivity (Wildman–Crippen MR) is 101 cm³/mol. The van der Waals surface area contributed by atoms with Gasteiger partial charge in [0, 0.05) is 5.41 Å². The van der Waals surface area contributed by atoms with E-state index in [9.17, 15) is 14.7 Å². The summed E-state index contributed by atoms with van der Waals surface area (Å²) in [6.45, 7) is 2.19. The van der Waals surface area contributed by atoms with Crippen LogP contribution in [0.3, 0.4) is 0 Å². The minimum Gasteiger partial charge on any atom is -0.421 e. The molecule has 27 heavy (non-hydrogen) atoms. The van der Waals surface area contributed by atoms with Gasteiger partial charge in [0.05, 0.1) is 0 Å². The Bertz CT molecular complexity index is 757. The van der Waals surface area contributed by atoms with Gasteiger partial charge in [-0.3, -0.25) is 4.79 Å². The van der Waals surface area contributed by atoms with Crippen LogP contribution < -0.4 is 0 Å².